The summed E-state index contributed by atoms with van der Waals surface area (Å²) in [6.07, 6.45) is -0.374. The molecule has 0 unspecified atom stereocenters. The minimum Gasteiger partial charge on any atom is -0.384 e. The van der Waals surface area contributed by atoms with Crippen LogP contribution in [0.1, 0.15) is 38.3 Å². The number of fused-ring (bicyclic) bond motifs is 1. The van der Waals surface area contributed by atoms with Crippen LogP contribution in [-0.4, -0.2) is 25.7 Å². The third-order valence-corrected chi connectivity index (χ3v) is 5.78. The van der Waals surface area contributed by atoms with Crippen LogP contribution in [0.5, 0.6) is 0 Å². The maximum Gasteiger partial charge on any atom is 0.332 e. The highest BCUT2D eigenvalue weighted by molar-refractivity contribution is 7.22. The molecule has 0 spiro atoms. The van der Waals surface area contributed by atoms with E-state index in [-0.39, 0.29) is 28.9 Å². The number of hydrogen-bond acceptors (Lipinski definition) is 7. The molecule has 2 heterocycles. The first-order valence-electron chi connectivity index (χ1n) is 9.24. The first kappa shape index (κ1) is 21.4. The van der Waals surface area contributed by atoms with Crippen molar-refractivity contribution < 1.29 is 4.79 Å². The molecule has 158 valence electrons. The van der Waals surface area contributed by atoms with Gasteiger partial charge in [0.2, 0.25) is 5.91 Å². The lowest BCUT2D eigenvalue weighted by molar-refractivity contribution is -0.115. The van der Waals surface area contributed by atoms with Gasteiger partial charge in [0, 0.05) is 14.1 Å². The van der Waals surface area contributed by atoms with Crippen molar-refractivity contribution in [2.75, 3.05) is 11.1 Å². The Labute approximate surface area is 176 Å². The summed E-state index contributed by atoms with van der Waals surface area (Å²) in [5, 5.41) is 11.3. The minimum atomic E-state index is -0.705. The fourth-order valence-corrected chi connectivity index (χ4v) is 3.92. The van der Waals surface area contributed by atoms with E-state index in [0.717, 1.165) is 19.4 Å². The van der Waals surface area contributed by atoms with Crippen LogP contribution < -0.4 is 22.3 Å². The fourth-order valence-electron chi connectivity index (χ4n) is 3.00. The van der Waals surface area contributed by atoms with Gasteiger partial charge in [-0.25, -0.2) is 9.78 Å². The molecule has 2 aromatic heterocycles. The van der Waals surface area contributed by atoms with Crippen LogP contribution in [0.15, 0.2) is 27.8 Å². The van der Waals surface area contributed by atoms with E-state index >= 15 is 0 Å². The predicted octanol–water partition coefficient (Wildman–Crippen LogP) is 1.97. The van der Waals surface area contributed by atoms with Gasteiger partial charge in [0.05, 0.1) is 22.3 Å². The van der Waals surface area contributed by atoms with Crippen LogP contribution in [0.4, 0.5) is 10.9 Å². The molecule has 4 N–H and O–H groups in total. The quantitative estimate of drug-likeness (QED) is 0.546. The molecule has 9 nitrogen and oxygen atoms in total. The molecule has 10 heteroatoms. The Kier molecular flexibility index (Phi) is 5.38. The summed E-state index contributed by atoms with van der Waals surface area (Å²) in [5.41, 5.74) is 6.06. The van der Waals surface area contributed by atoms with Gasteiger partial charge in [-0.2, -0.15) is 0 Å². The maximum atomic E-state index is 12.5. The van der Waals surface area contributed by atoms with E-state index in [1.54, 1.807) is 0 Å². The summed E-state index contributed by atoms with van der Waals surface area (Å²) in [4.78, 5) is 41.1. The van der Waals surface area contributed by atoms with Crippen molar-refractivity contribution in [3.8, 4) is 0 Å². The summed E-state index contributed by atoms with van der Waals surface area (Å²) < 4.78 is 2.88. The number of benzene rings is 1. The highest BCUT2D eigenvalue weighted by Crippen LogP contribution is 2.31. The molecule has 0 aliphatic carbocycles. The van der Waals surface area contributed by atoms with Gasteiger partial charge in [0.1, 0.15) is 11.4 Å². The molecule has 3 aromatic rings. The molecule has 0 radical (unpaired) electrons. The van der Waals surface area contributed by atoms with Crippen molar-refractivity contribution in [2.45, 2.75) is 32.6 Å². The number of thiazole rings is 1. The lowest BCUT2D eigenvalue weighted by atomic mass is 9.87. The van der Waals surface area contributed by atoms with Gasteiger partial charge in [-0.3, -0.25) is 18.7 Å². The molecule has 1 amide bonds. The maximum absolute atomic E-state index is 12.5. The molecule has 0 saturated carbocycles. The van der Waals surface area contributed by atoms with Crippen molar-refractivity contribution in [3.63, 3.8) is 0 Å². The van der Waals surface area contributed by atoms with Crippen LogP contribution in [0, 0.1) is 5.41 Å². The molecule has 0 fully saturated rings. The lowest BCUT2D eigenvalue weighted by Crippen LogP contribution is -2.42. The molecule has 0 aliphatic rings. The summed E-state index contributed by atoms with van der Waals surface area (Å²) in [7, 11) is 2.70. The smallest absolute Gasteiger partial charge is 0.332 e. The van der Waals surface area contributed by atoms with E-state index in [1.807, 2.05) is 12.1 Å². The number of hydrogen-bond donors (Lipinski definition) is 3. The first-order valence-corrected chi connectivity index (χ1v) is 10.1. The number of nitrogens with zero attached hydrogens (tertiary/aromatic N) is 3. The number of anilines is 2. The standard InChI is InChI=1S/C20H24N6O3S/c1-20(2,3)10-6-7-12-13(8-10)30-18(23-12)24-14(27)9-11(21)15-16(22)25(4)19(29)26(5)17(15)28/h6-8,21H,9,22H2,1-5H3,(H,23,24,27). The Morgan fingerprint density at radius 2 is 1.90 bits per heavy atom. The van der Waals surface area contributed by atoms with Gasteiger partial charge in [0.15, 0.2) is 5.13 Å². The summed E-state index contributed by atoms with van der Waals surface area (Å²) >= 11 is 1.34. The molecule has 0 atom stereocenters. The van der Waals surface area contributed by atoms with Gasteiger partial charge >= 0.3 is 5.69 Å². The molecular formula is C20H24N6O3S. The average molecular weight is 429 g/mol. The number of rotatable bonds is 4. The zero-order valence-corrected chi connectivity index (χ0v) is 18.3. The molecule has 1 aromatic carbocycles. The fraction of sp³-hybridized carbons (Fsp3) is 0.350. The SMILES string of the molecule is Cn1c(N)c(C(=N)CC(=O)Nc2nc3ccc(C(C)(C)C)cc3s2)c(=O)n(C)c1=O. The van der Waals surface area contributed by atoms with Crippen LogP contribution in [0.3, 0.4) is 0 Å². The molecular weight excluding hydrogens is 404 g/mol. The number of amides is 1. The monoisotopic (exact) mass is 428 g/mol. The molecule has 0 aliphatic heterocycles. The molecule has 30 heavy (non-hydrogen) atoms. The van der Waals surface area contributed by atoms with Gasteiger partial charge in [0.25, 0.3) is 5.56 Å². The second-order valence-corrected chi connectivity index (χ2v) is 9.15. The largest absolute Gasteiger partial charge is 0.384 e. The van der Waals surface area contributed by atoms with Crippen molar-refractivity contribution in [1.29, 1.82) is 5.41 Å². The number of carbonyl (C=O) groups excluding carboxylic acids is 1. The van der Waals surface area contributed by atoms with Crippen LogP contribution in [0.25, 0.3) is 10.2 Å². The lowest BCUT2D eigenvalue weighted by Gasteiger charge is -2.18. The Morgan fingerprint density at radius 3 is 2.53 bits per heavy atom. The molecule has 3 rings (SSSR count). The van der Waals surface area contributed by atoms with Crippen LogP contribution in [-0.2, 0) is 24.3 Å². The van der Waals surface area contributed by atoms with Crippen molar-refractivity contribution in [1.82, 2.24) is 14.1 Å². The van der Waals surface area contributed by atoms with E-state index in [1.165, 1.54) is 31.0 Å². The zero-order valence-electron chi connectivity index (χ0n) is 17.5. The first-order chi connectivity index (χ1) is 13.9. The van der Waals surface area contributed by atoms with Gasteiger partial charge < -0.3 is 16.5 Å². The second kappa shape index (κ2) is 7.52. The molecule has 0 bridgehead atoms. The Bertz CT molecular complexity index is 1290. The average Bonchev–Trinajstić information content (AvgIpc) is 3.05. The predicted molar refractivity (Wildman–Crippen MR) is 120 cm³/mol. The summed E-state index contributed by atoms with van der Waals surface area (Å²) in [6, 6.07) is 5.99. The number of nitrogens with two attached hydrogens (primary N) is 1. The number of nitrogens with one attached hydrogen (secondary N) is 2. The Balaban J connectivity index is 1.82. The normalized spacial score (nSPS) is 11.6. The van der Waals surface area contributed by atoms with E-state index in [0.29, 0.717) is 5.13 Å². The van der Waals surface area contributed by atoms with E-state index < -0.39 is 17.2 Å². The topological polar surface area (TPSA) is 136 Å². The minimum absolute atomic E-state index is 0.00142. The highest BCUT2D eigenvalue weighted by atomic mass is 32.1. The zero-order chi connectivity index (χ0) is 22.4. The van der Waals surface area contributed by atoms with Gasteiger partial charge in [-0.15, -0.1) is 0 Å². The third kappa shape index (κ3) is 3.90. The summed E-state index contributed by atoms with van der Waals surface area (Å²) in [6.45, 7) is 6.37. The van der Waals surface area contributed by atoms with Crippen molar-refractivity contribution in [2.24, 2.45) is 14.1 Å². The Morgan fingerprint density at radius 1 is 1.23 bits per heavy atom. The third-order valence-electron chi connectivity index (χ3n) is 4.85. The number of carbonyl (C=O) groups is 1. The van der Waals surface area contributed by atoms with Crippen LogP contribution in [0.2, 0.25) is 0 Å². The second-order valence-electron chi connectivity index (χ2n) is 8.12. The van der Waals surface area contributed by atoms with Crippen LogP contribution >= 0.6 is 11.3 Å². The summed E-state index contributed by atoms with van der Waals surface area (Å²) in [5.74, 6) is -0.638. The number of aromatic nitrogens is 3. The van der Waals surface area contributed by atoms with Gasteiger partial charge in [-0.05, 0) is 23.1 Å². The van der Waals surface area contributed by atoms with Gasteiger partial charge in [-0.1, -0.05) is 38.2 Å². The van der Waals surface area contributed by atoms with E-state index in [4.69, 9.17) is 11.1 Å². The molecule has 0 saturated heterocycles. The van der Waals surface area contributed by atoms with E-state index in [9.17, 15) is 14.4 Å². The highest BCUT2D eigenvalue weighted by Gasteiger charge is 2.20. The van der Waals surface area contributed by atoms with Crippen molar-refractivity contribution in [3.05, 3.63) is 50.2 Å². The van der Waals surface area contributed by atoms with Crippen molar-refractivity contribution >= 4 is 44.1 Å². The Hall–Kier alpha value is -3.27. The number of nitrogen functional groups attached to an aromatic ring is 1. The van der Waals surface area contributed by atoms with E-state index in [2.05, 4.69) is 37.1 Å².